The lowest BCUT2D eigenvalue weighted by atomic mass is 9.84. The van der Waals surface area contributed by atoms with Gasteiger partial charge < -0.3 is 0 Å². The molecule has 0 spiro atoms. The Morgan fingerprint density at radius 1 is 0.571 bits per heavy atom. The zero-order valence-electron chi connectivity index (χ0n) is 21.8. The summed E-state index contributed by atoms with van der Waals surface area (Å²) < 4.78 is 0. The van der Waals surface area contributed by atoms with Crippen molar-refractivity contribution in [2.45, 2.75) is 5.92 Å². The van der Waals surface area contributed by atoms with Crippen molar-refractivity contribution < 1.29 is 0 Å². The van der Waals surface area contributed by atoms with E-state index in [0.717, 1.165) is 32.9 Å². The number of hydrogen-bond acceptors (Lipinski definition) is 8. The van der Waals surface area contributed by atoms with Crippen LogP contribution in [0, 0.1) is 51.2 Å². The van der Waals surface area contributed by atoms with Crippen molar-refractivity contribution in [3.63, 3.8) is 0 Å². The van der Waals surface area contributed by atoms with E-state index in [1.807, 2.05) is 60.7 Å². The molecule has 192 valence electrons. The molecular formula is C34H16N8. The fourth-order valence-corrected chi connectivity index (χ4v) is 5.68. The molecule has 2 aromatic heterocycles. The Labute approximate surface area is 240 Å². The summed E-state index contributed by atoms with van der Waals surface area (Å²) in [5, 5.41) is 41.9. The molecule has 0 atom stereocenters. The van der Waals surface area contributed by atoms with Crippen LogP contribution in [-0.2, 0) is 0 Å². The van der Waals surface area contributed by atoms with Gasteiger partial charge in [-0.15, -0.1) is 0 Å². The first kappa shape index (κ1) is 24.6. The first-order valence-electron chi connectivity index (χ1n) is 13.0. The van der Waals surface area contributed by atoms with Gasteiger partial charge in [0.15, 0.2) is 11.6 Å². The second-order valence-corrected chi connectivity index (χ2v) is 9.91. The largest absolute Gasteiger partial charge is 0.236 e. The van der Waals surface area contributed by atoms with Crippen LogP contribution in [-0.4, -0.2) is 19.9 Å². The third kappa shape index (κ3) is 3.73. The molecule has 0 fully saturated rings. The third-order valence-corrected chi connectivity index (χ3v) is 7.65. The van der Waals surface area contributed by atoms with Crippen molar-refractivity contribution in [2.24, 2.45) is 5.92 Å². The van der Waals surface area contributed by atoms with Crippen molar-refractivity contribution in [3.8, 4) is 58.2 Å². The average molecular weight is 537 g/mol. The fraction of sp³-hybridized carbons (Fsp3) is 0.0588. The highest BCUT2D eigenvalue weighted by molar-refractivity contribution is 5.90. The molecule has 4 aromatic carbocycles. The number of nitrogens with zero attached hydrogens (tertiary/aromatic N) is 8. The highest BCUT2D eigenvalue weighted by Crippen LogP contribution is 2.51. The number of hydrogen-bond donors (Lipinski definition) is 0. The maximum Gasteiger partial charge on any atom is 0.161 e. The Bertz CT molecular complexity index is 2120. The van der Waals surface area contributed by atoms with Crippen molar-refractivity contribution in [3.05, 3.63) is 107 Å². The van der Waals surface area contributed by atoms with E-state index in [9.17, 15) is 21.0 Å². The van der Waals surface area contributed by atoms with Crippen LogP contribution in [0.4, 0.5) is 0 Å². The molecule has 1 aliphatic rings. The van der Waals surface area contributed by atoms with Crippen LogP contribution in [0.1, 0.15) is 28.2 Å². The number of rotatable bonds is 3. The SMILES string of the molecule is N#Cc1cc2c(cc1-c1ncc3ccccc3n1)-c1cc(-c3ncc4ccccc4n3)c(C#N)cc1C2C(C#N)C#N. The molecule has 6 aromatic rings. The maximum atomic E-state index is 10.1. The summed E-state index contributed by atoms with van der Waals surface area (Å²) in [7, 11) is 0. The monoisotopic (exact) mass is 536 g/mol. The minimum absolute atomic E-state index is 0.329. The first-order chi connectivity index (χ1) is 20.6. The van der Waals surface area contributed by atoms with E-state index in [0.29, 0.717) is 45.0 Å². The molecule has 0 bridgehead atoms. The van der Waals surface area contributed by atoms with Crippen LogP contribution in [0.2, 0.25) is 0 Å². The lowest BCUT2D eigenvalue weighted by Gasteiger charge is -2.15. The van der Waals surface area contributed by atoms with Gasteiger partial charge >= 0.3 is 0 Å². The molecule has 8 nitrogen and oxygen atoms in total. The van der Waals surface area contributed by atoms with Gasteiger partial charge in [-0.25, -0.2) is 19.9 Å². The summed E-state index contributed by atoms with van der Waals surface area (Å²) in [6.07, 6.45) is 3.44. The minimum atomic E-state index is -1.03. The molecule has 0 saturated heterocycles. The van der Waals surface area contributed by atoms with Crippen LogP contribution < -0.4 is 0 Å². The molecule has 1 aliphatic carbocycles. The number of fused-ring (bicyclic) bond motifs is 5. The zero-order chi connectivity index (χ0) is 28.8. The number of nitriles is 4. The minimum Gasteiger partial charge on any atom is -0.236 e. The van der Waals surface area contributed by atoms with Crippen molar-refractivity contribution >= 4 is 21.8 Å². The van der Waals surface area contributed by atoms with Crippen LogP contribution >= 0.6 is 0 Å². The molecule has 0 amide bonds. The Morgan fingerprint density at radius 2 is 1.02 bits per heavy atom. The van der Waals surface area contributed by atoms with Crippen LogP contribution in [0.25, 0.3) is 55.7 Å². The van der Waals surface area contributed by atoms with Gasteiger partial charge in [0.05, 0.1) is 46.4 Å². The predicted octanol–water partition coefficient (Wildman–Crippen LogP) is 6.43. The molecule has 0 aliphatic heterocycles. The average Bonchev–Trinajstić information content (AvgIpc) is 3.35. The highest BCUT2D eigenvalue weighted by atomic mass is 14.9. The van der Waals surface area contributed by atoms with E-state index in [2.05, 4.69) is 34.2 Å². The van der Waals surface area contributed by atoms with Crippen molar-refractivity contribution in [2.75, 3.05) is 0 Å². The van der Waals surface area contributed by atoms with Crippen molar-refractivity contribution in [1.82, 2.24) is 19.9 Å². The molecule has 0 unspecified atom stereocenters. The lowest BCUT2D eigenvalue weighted by molar-refractivity contribution is 0.725. The molecular weight excluding hydrogens is 520 g/mol. The standard InChI is InChI=1S/C34H16N8/c35-13-21-9-28-26(11-24(21)33-39-17-19-5-1-3-7-30(19)41-33)27-12-25(34-40-18-20-6-2-4-8-31(20)42-34)22(14-36)10-29(27)32(28)23(15-37)16-38/h1-12,17-18,23,32H. The summed E-state index contributed by atoms with van der Waals surface area (Å²) in [6.45, 7) is 0. The van der Waals surface area contributed by atoms with Crippen LogP contribution in [0.3, 0.4) is 0 Å². The summed E-state index contributed by atoms with van der Waals surface area (Å²) >= 11 is 0. The molecule has 2 heterocycles. The predicted molar refractivity (Wildman–Crippen MR) is 155 cm³/mol. The van der Waals surface area contributed by atoms with Gasteiger partial charge in [0.1, 0.15) is 5.92 Å². The maximum absolute atomic E-state index is 10.1. The Balaban J connectivity index is 1.49. The molecule has 0 saturated carbocycles. The highest BCUT2D eigenvalue weighted by Gasteiger charge is 2.37. The van der Waals surface area contributed by atoms with E-state index in [-0.39, 0.29) is 0 Å². The Kier molecular flexibility index (Phi) is 5.62. The molecule has 42 heavy (non-hydrogen) atoms. The van der Waals surface area contributed by atoms with E-state index >= 15 is 0 Å². The topological polar surface area (TPSA) is 147 Å². The Hall–Kier alpha value is -6.48. The summed E-state index contributed by atoms with van der Waals surface area (Å²) in [5.74, 6) is -0.903. The summed E-state index contributed by atoms with van der Waals surface area (Å²) in [5.41, 5.74) is 6.02. The first-order valence-corrected chi connectivity index (χ1v) is 13.0. The quantitative estimate of drug-likeness (QED) is 0.251. The van der Waals surface area contributed by atoms with Gasteiger partial charge in [0.2, 0.25) is 0 Å². The number of aromatic nitrogens is 4. The Morgan fingerprint density at radius 3 is 1.45 bits per heavy atom. The van der Waals surface area contributed by atoms with Gasteiger partial charge in [-0.05, 0) is 58.7 Å². The third-order valence-electron chi connectivity index (χ3n) is 7.65. The van der Waals surface area contributed by atoms with E-state index in [1.54, 1.807) is 24.5 Å². The molecule has 0 radical (unpaired) electrons. The van der Waals surface area contributed by atoms with Gasteiger partial charge in [-0.3, -0.25) is 0 Å². The number of para-hydroxylation sites is 2. The van der Waals surface area contributed by atoms with Crippen LogP contribution in [0.15, 0.2) is 85.2 Å². The normalized spacial score (nSPS) is 11.8. The summed E-state index contributed by atoms with van der Waals surface area (Å²) in [4.78, 5) is 18.5. The van der Waals surface area contributed by atoms with E-state index in [1.165, 1.54) is 0 Å². The van der Waals surface area contributed by atoms with Crippen LogP contribution in [0.5, 0.6) is 0 Å². The number of benzene rings is 4. The summed E-state index contributed by atoms with van der Waals surface area (Å²) in [6, 6.07) is 31.0. The zero-order valence-corrected chi connectivity index (χ0v) is 21.8. The van der Waals surface area contributed by atoms with Gasteiger partial charge in [0, 0.05) is 40.2 Å². The van der Waals surface area contributed by atoms with Gasteiger partial charge in [0.25, 0.3) is 0 Å². The molecule has 7 rings (SSSR count). The van der Waals surface area contributed by atoms with Crippen molar-refractivity contribution in [1.29, 1.82) is 21.0 Å². The van der Waals surface area contributed by atoms with E-state index in [4.69, 9.17) is 9.97 Å². The van der Waals surface area contributed by atoms with Gasteiger partial charge in [-0.1, -0.05) is 36.4 Å². The van der Waals surface area contributed by atoms with Gasteiger partial charge in [-0.2, -0.15) is 21.0 Å². The molecule has 0 N–H and O–H groups in total. The lowest BCUT2D eigenvalue weighted by Crippen LogP contribution is -2.09. The fourth-order valence-electron chi connectivity index (χ4n) is 5.68. The molecule has 8 heteroatoms. The smallest absolute Gasteiger partial charge is 0.161 e. The van der Waals surface area contributed by atoms with E-state index < -0.39 is 11.8 Å². The second kappa shape index (κ2) is 9.61. The second-order valence-electron chi connectivity index (χ2n) is 9.91.